The summed E-state index contributed by atoms with van der Waals surface area (Å²) >= 11 is 1.60. The maximum atomic E-state index is 12.1. The number of amides is 1. The van der Waals surface area contributed by atoms with E-state index in [1.807, 2.05) is 41.8 Å². The summed E-state index contributed by atoms with van der Waals surface area (Å²) in [6, 6.07) is 11.6. The molecular formula is C17H15N3OS. The number of nitrogens with one attached hydrogen (secondary N) is 1. The first-order chi connectivity index (χ1) is 10.8. The van der Waals surface area contributed by atoms with Gasteiger partial charge in [-0.1, -0.05) is 30.3 Å². The standard InChI is InChI=1S/C17H15N3OS/c18-9-14(8-15-11-22-17(20-15)13-6-7-13)16(21)19-10-12-4-2-1-3-5-12/h1-5,8,11,13H,6-7,10H2,(H,19,21). The smallest absolute Gasteiger partial charge is 0.262 e. The van der Waals surface area contributed by atoms with Crippen LogP contribution in [-0.4, -0.2) is 10.9 Å². The van der Waals surface area contributed by atoms with Gasteiger partial charge in [0.15, 0.2) is 0 Å². The summed E-state index contributed by atoms with van der Waals surface area (Å²) in [6.45, 7) is 0.406. The van der Waals surface area contributed by atoms with Crippen molar-refractivity contribution in [2.45, 2.75) is 25.3 Å². The number of aromatic nitrogens is 1. The average Bonchev–Trinajstić information content (AvgIpc) is 3.30. The second-order valence-electron chi connectivity index (χ2n) is 5.22. The first-order valence-corrected chi connectivity index (χ1v) is 8.03. The zero-order chi connectivity index (χ0) is 15.4. The molecule has 0 aliphatic heterocycles. The summed E-state index contributed by atoms with van der Waals surface area (Å²) in [5, 5.41) is 14.9. The van der Waals surface area contributed by atoms with Crippen LogP contribution in [0.5, 0.6) is 0 Å². The molecule has 0 bridgehead atoms. The Labute approximate surface area is 133 Å². The average molecular weight is 309 g/mol. The molecule has 0 saturated heterocycles. The van der Waals surface area contributed by atoms with Gasteiger partial charge in [0.25, 0.3) is 5.91 Å². The molecule has 3 rings (SSSR count). The van der Waals surface area contributed by atoms with E-state index in [-0.39, 0.29) is 11.5 Å². The van der Waals surface area contributed by atoms with Crippen molar-refractivity contribution in [1.82, 2.24) is 10.3 Å². The van der Waals surface area contributed by atoms with Gasteiger partial charge in [0.05, 0.1) is 10.7 Å². The number of carbonyl (C=O) groups is 1. The lowest BCUT2D eigenvalue weighted by Crippen LogP contribution is -2.23. The minimum absolute atomic E-state index is 0.0866. The molecule has 1 amide bonds. The Balaban J connectivity index is 1.65. The van der Waals surface area contributed by atoms with Gasteiger partial charge in [-0.2, -0.15) is 5.26 Å². The van der Waals surface area contributed by atoms with E-state index < -0.39 is 0 Å². The van der Waals surface area contributed by atoms with Crippen LogP contribution >= 0.6 is 11.3 Å². The van der Waals surface area contributed by atoms with Crippen LogP contribution in [0, 0.1) is 11.3 Å². The van der Waals surface area contributed by atoms with E-state index in [1.54, 1.807) is 17.4 Å². The van der Waals surface area contributed by atoms with Gasteiger partial charge < -0.3 is 5.32 Å². The first-order valence-electron chi connectivity index (χ1n) is 7.15. The summed E-state index contributed by atoms with van der Waals surface area (Å²) in [6.07, 6.45) is 3.95. The van der Waals surface area contributed by atoms with Gasteiger partial charge in [-0.3, -0.25) is 4.79 Å². The van der Waals surface area contributed by atoms with Gasteiger partial charge in [0, 0.05) is 17.8 Å². The van der Waals surface area contributed by atoms with E-state index in [0.717, 1.165) is 10.6 Å². The Hall–Kier alpha value is -2.45. The van der Waals surface area contributed by atoms with Crippen LogP contribution in [0.3, 0.4) is 0 Å². The molecule has 1 fully saturated rings. The molecular weight excluding hydrogens is 294 g/mol. The molecule has 110 valence electrons. The van der Waals surface area contributed by atoms with Crippen molar-refractivity contribution >= 4 is 23.3 Å². The second kappa shape index (κ2) is 6.54. The molecule has 0 radical (unpaired) electrons. The summed E-state index contributed by atoms with van der Waals surface area (Å²) in [7, 11) is 0. The van der Waals surface area contributed by atoms with E-state index in [9.17, 15) is 10.1 Å². The van der Waals surface area contributed by atoms with Crippen molar-refractivity contribution in [2.75, 3.05) is 0 Å². The number of rotatable bonds is 5. The van der Waals surface area contributed by atoms with Gasteiger partial charge in [-0.15, -0.1) is 11.3 Å². The van der Waals surface area contributed by atoms with Crippen LogP contribution in [0.25, 0.3) is 6.08 Å². The molecule has 1 aliphatic rings. The Morgan fingerprint density at radius 3 is 2.86 bits per heavy atom. The van der Waals surface area contributed by atoms with Crippen LogP contribution < -0.4 is 5.32 Å². The van der Waals surface area contributed by atoms with Crippen LogP contribution in [0.4, 0.5) is 0 Å². The summed E-state index contributed by atoms with van der Waals surface area (Å²) in [4.78, 5) is 16.6. The van der Waals surface area contributed by atoms with Crippen molar-refractivity contribution in [3.63, 3.8) is 0 Å². The van der Waals surface area contributed by atoms with Gasteiger partial charge in [-0.25, -0.2) is 4.98 Å². The number of hydrogen-bond acceptors (Lipinski definition) is 4. The van der Waals surface area contributed by atoms with Crippen LogP contribution in [0.1, 0.15) is 35.0 Å². The van der Waals surface area contributed by atoms with Crippen molar-refractivity contribution in [2.24, 2.45) is 0 Å². The Kier molecular flexibility index (Phi) is 4.31. The van der Waals surface area contributed by atoms with Crippen LogP contribution in [0.15, 0.2) is 41.3 Å². The van der Waals surface area contributed by atoms with Crippen LogP contribution in [-0.2, 0) is 11.3 Å². The minimum Gasteiger partial charge on any atom is -0.347 e. The van der Waals surface area contributed by atoms with Crippen molar-refractivity contribution in [3.8, 4) is 6.07 Å². The molecule has 5 heteroatoms. The Morgan fingerprint density at radius 1 is 1.41 bits per heavy atom. The lowest BCUT2D eigenvalue weighted by Gasteiger charge is -2.03. The summed E-state index contributed by atoms with van der Waals surface area (Å²) in [5.74, 6) is 0.219. The van der Waals surface area contributed by atoms with Crippen molar-refractivity contribution in [1.29, 1.82) is 5.26 Å². The number of nitrogens with zero attached hydrogens (tertiary/aromatic N) is 2. The summed E-state index contributed by atoms with van der Waals surface area (Å²) in [5.41, 5.74) is 1.78. The lowest BCUT2D eigenvalue weighted by atomic mass is 10.2. The van der Waals surface area contributed by atoms with Gasteiger partial charge in [-0.05, 0) is 24.5 Å². The third-order valence-electron chi connectivity index (χ3n) is 3.42. The molecule has 0 atom stereocenters. The highest BCUT2D eigenvalue weighted by molar-refractivity contribution is 7.09. The van der Waals surface area contributed by atoms with E-state index in [4.69, 9.17) is 0 Å². The van der Waals surface area contributed by atoms with E-state index in [2.05, 4.69) is 10.3 Å². The van der Waals surface area contributed by atoms with Gasteiger partial charge in [0.1, 0.15) is 11.6 Å². The Bertz CT molecular complexity index is 739. The normalized spacial score (nSPS) is 14.4. The molecule has 1 saturated carbocycles. The molecule has 1 N–H and O–H groups in total. The third-order valence-corrected chi connectivity index (χ3v) is 4.44. The van der Waals surface area contributed by atoms with E-state index in [0.29, 0.717) is 18.2 Å². The maximum absolute atomic E-state index is 12.1. The van der Waals surface area contributed by atoms with Crippen molar-refractivity contribution < 1.29 is 4.79 Å². The summed E-state index contributed by atoms with van der Waals surface area (Å²) < 4.78 is 0. The topological polar surface area (TPSA) is 65.8 Å². The molecule has 0 unspecified atom stereocenters. The van der Waals surface area contributed by atoms with Crippen molar-refractivity contribution in [3.05, 3.63) is 57.6 Å². The number of thiazole rings is 1. The number of nitriles is 1. The molecule has 1 aliphatic carbocycles. The molecule has 4 nitrogen and oxygen atoms in total. The largest absolute Gasteiger partial charge is 0.347 e. The minimum atomic E-state index is -0.368. The zero-order valence-electron chi connectivity index (χ0n) is 12.0. The highest BCUT2D eigenvalue weighted by Crippen LogP contribution is 2.41. The molecule has 1 heterocycles. The predicted octanol–water partition coefficient (Wildman–Crippen LogP) is 3.24. The van der Waals surface area contributed by atoms with Crippen LogP contribution in [0.2, 0.25) is 0 Å². The van der Waals surface area contributed by atoms with Gasteiger partial charge >= 0.3 is 0 Å². The maximum Gasteiger partial charge on any atom is 0.262 e. The Morgan fingerprint density at radius 2 is 2.18 bits per heavy atom. The van der Waals surface area contributed by atoms with Gasteiger partial charge in [0.2, 0.25) is 0 Å². The van der Waals surface area contributed by atoms with E-state index >= 15 is 0 Å². The predicted molar refractivity (Wildman–Crippen MR) is 86.0 cm³/mol. The first kappa shape index (κ1) is 14.5. The quantitative estimate of drug-likeness (QED) is 0.681. The third kappa shape index (κ3) is 3.60. The number of hydrogen-bond donors (Lipinski definition) is 1. The molecule has 2 aromatic rings. The highest BCUT2D eigenvalue weighted by atomic mass is 32.1. The fraction of sp³-hybridized carbons (Fsp3) is 0.235. The monoisotopic (exact) mass is 309 g/mol. The second-order valence-corrected chi connectivity index (χ2v) is 6.11. The molecule has 0 spiro atoms. The molecule has 1 aromatic heterocycles. The SMILES string of the molecule is N#CC(=Cc1csc(C2CC2)n1)C(=O)NCc1ccccc1. The fourth-order valence-electron chi connectivity index (χ4n) is 2.05. The fourth-order valence-corrected chi connectivity index (χ4v) is 3.00. The lowest BCUT2D eigenvalue weighted by molar-refractivity contribution is -0.117. The molecule has 22 heavy (non-hydrogen) atoms. The highest BCUT2D eigenvalue weighted by Gasteiger charge is 2.26. The number of carbonyl (C=O) groups excluding carboxylic acids is 1. The van der Waals surface area contributed by atoms with E-state index in [1.165, 1.54) is 12.8 Å². The zero-order valence-corrected chi connectivity index (χ0v) is 12.8. The molecule has 1 aromatic carbocycles. The number of benzene rings is 1.